The zero-order chi connectivity index (χ0) is 6.97. The van der Waals surface area contributed by atoms with Crippen LogP contribution in [0.25, 0.3) is 0 Å². The smallest absolute Gasteiger partial charge is 0.115 e. The molecule has 0 aromatic heterocycles. The summed E-state index contributed by atoms with van der Waals surface area (Å²) in [6.45, 7) is 0.824. The molecule has 1 N–H and O–H groups in total. The maximum Gasteiger partial charge on any atom is 0.115 e. The topological polar surface area (TPSA) is 32.8 Å². The van der Waals surface area contributed by atoms with Gasteiger partial charge in [0.15, 0.2) is 0 Å². The second-order valence-electron chi connectivity index (χ2n) is 2.41. The van der Waals surface area contributed by atoms with E-state index in [1.807, 2.05) is 12.1 Å². The summed E-state index contributed by atoms with van der Waals surface area (Å²) in [5.41, 5.74) is 1.15. The molecule has 0 amide bonds. The van der Waals surface area contributed by atoms with Crippen LogP contribution in [-0.2, 0) is 4.74 Å². The van der Waals surface area contributed by atoms with Gasteiger partial charge in [0.25, 0.3) is 0 Å². The molecule has 0 bridgehead atoms. The Morgan fingerprint density at radius 1 is 1.30 bits per heavy atom. The van der Waals surface area contributed by atoms with Gasteiger partial charge < -0.3 is 9.84 Å². The van der Waals surface area contributed by atoms with Crippen molar-refractivity contribution in [3.8, 4) is 5.75 Å². The van der Waals surface area contributed by atoms with Crippen molar-refractivity contribution in [3.63, 3.8) is 0 Å². The van der Waals surface area contributed by atoms with Crippen molar-refractivity contribution in [3.05, 3.63) is 29.8 Å². The van der Waals surface area contributed by atoms with Crippen LogP contribution in [0.1, 0.15) is 11.7 Å². The predicted molar refractivity (Wildman–Crippen MR) is 36.8 cm³/mol. The lowest BCUT2D eigenvalue weighted by molar-refractivity contribution is 0.415. The van der Waals surface area contributed by atoms with Crippen LogP contribution in [0.2, 0.25) is 0 Å². The molecule has 1 aromatic rings. The Kier molecular flexibility index (Phi) is 1.14. The van der Waals surface area contributed by atoms with Gasteiger partial charge in [0, 0.05) is 0 Å². The summed E-state index contributed by atoms with van der Waals surface area (Å²) in [4.78, 5) is 0. The van der Waals surface area contributed by atoms with Gasteiger partial charge >= 0.3 is 0 Å². The molecule has 0 saturated carbocycles. The van der Waals surface area contributed by atoms with Gasteiger partial charge in [-0.2, -0.15) is 0 Å². The zero-order valence-corrected chi connectivity index (χ0v) is 5.45. The summed E-state index contributed by atoms with van der Waals surface area (Å²) in [6, 6.07) is 7.12. The Bertz CT molecular complexity index is 224. The van der Waals surface area contributed by atoms with E-state index in [4.69, 9.17) is 9.84 Å². The molecule has 0 unspecified atom stereocenters. The van der Waals surface area contributed by atoms with E-state index < -0.39 is 0 Å². The summed E-state index contributed by atoms with van der Waals surface area (Å²) in [7, 11) is 0. The third kappa shape index (κ3) is 0.977. The van der Waals surface area contributed by atoms with Crippen molar-refractivity contribution < 1.29 is 9.84 Å². The fourth-order valence-electron chi connectivity index (χ4n) is 0.930. The standard InChI is InChI=1S/C8H8O2/c9-7-3-1-6(2-4-7)8-5-10-8/h1-4,8-9H,5H2/t8-/m1/s1. The Morgan fingerprint density at radius 2 is 1.90 bits per heavy atom. The van der Waals surface area contributed by atoms with E-state index in [0.717, 1.165) is 12.2 Å². The Labute approximate surface area is 59.1 Å². The fourth-order valence-corrected chi connectivity index (χ4v) is 0.930. The van der Waals surface area contributed by atoms with Crippen LogP contribution in [0.4, 0.5) is 0 Å². The molecule has 52 valence electrons. The third-order valence-corrected chi connectivity index (χ3v) is 1.60. The number of aromatic hydroxyl groups is 1. The van der Waals surface area contributed by atoms with Crippen molar-refractivity contribution in [1.29, 1.82) is 0 Å². The van der Waals surface area contributed by atoms with Crippen molar-refractivity contribution in [2.24, 2.45) is 0 Å². The minimum atomic E-state index is 0.292. The number of benzene rings is 1. The normalized spacial score (nSPS) is 22.6. The SMILES string of the molecule is Oc1ccc([C@H]2CO2)cc1. The number of epoxide rings is 1. The van der Waals surface area contributed by atoms with Gasteiger partial charge in [-0.05, 0) is 17.7 Å². The van der Waals surface area contributed by atoms with E-state index in [1.54, 1.807) is 12.1 Å². The number of phenols is 1. The monoisotopic (exact) mass is 136 g/mol. The van der Waals surface area contributed by atoms with Crippen LogP contribution in [0.3, 0.4) is 0 Å². The van der Waals surface area contributed by atoms with Crippen LogP contribution in [0.15, 0.2) is 24.3 Å². The molecule has 1 heterocycles. The van der Waals surface area contributed by atoms with Crippen molar-refractivity contribution in [1.82, 2.24) is 0 Å². The molecule has 1 fully saturated rings. The summed E-state index contributed by atoms with van der Waals surface area (Å²) >= 11 is 0. The Hall–Kier alpha value is -1.02. The summed E-state index contributed by atoms with van der Waals surface area (Å²) in [5.74, 6) is 0.310. The average molecular weight is 136 g/mol. The van der Waals surface area contributed by atoms with E-state index in [0.29, 0.717) is 11.9 Å². The number of phenolic OH excluding ortho intramolecular Hbond substituents is 1. The highest BCUT2D eigenvalue weighted by molar-refractivity contribution is 5.28. The second kappa shape index (κ2) is 1.99. The van der Waals surface area contributed by atoms with Gasteiger partial charge in [-0.3, -0.25) is 0 Å². The molecule has 2 heteroatoms. The van der Waals surface area contributed by atoms with E-state index >= 15 is 0 Å². The summed E-state index contributed by atoms with van der Waals surface area (Å²) in [5, 5.41) is 8.92. The minimum Gasteiger partial charge on any atom is -0.508 e. The summed E-state index contributed by atoms with van der Waals surface area (Å²) in [6.07, 6.45) is 0.292. The highest BCUT2D eigenvalue weighted by Gasteiger charge is 2.23. The first kappa shape index (κ1) is 5.74. The van der Waals surface area contributed by atoms with E-state index in [2.05, 4.69) is 0 Å². The van der Waals surface area contributed by atoms with Crippen LogP contribution < -0.4 is 0 Å². The lowest BCUT2D eigenvalue weighted by Crippen LogP contribution is -1.76. The van der Waals surface area contributed by atoms with E-state index in [-0.39, 0.29) is 0 Å². The first-order valence-corrected chi connectivity index (χ1v) is 3.27. The quantitative estimate of drug-likeness (QED) is 0.593. The number of ether oxygens (including phenoxy) is 1. The van der Waals surface area contributed by atoms with E-state index in [1.165, 1.54) is 0 Å². The maximum atomic E-state index is 8.92. The molecular formula is C8H8O2. The Balaban J connectivity index is 2.28. The molecule has 2 rings (SSSR count). The molecule has 1 atom stereocenters. The van der Waals surface area contributed by atoms with Crippen molar-refractivity contribution in [2.75, 3.05) is 6.61 Å². The fraction of sp³-hybridized carbons (Fsp3) is 0.250. The molecular weight excluding hydrogens is 128 g/mol. The second-order valence-corrected chi connectivity index (χ2v) is 2.41. The molecule has 1 aliphatic heterocycles. The van der Waals surface area contributed by atoms with Gasteiger partial charge in [-0.1, -0.05) is 12.1 Å². The molecule has 2 nitrogen and oxygen atoms in total. The van der Waals surface area contributed by atoms with E-state index in [9.17, 15) is 0 Å². The first-order chi connectivity index (χ1) is 4.86. The van der Waals surface area contributed by atoms with Crippen LogP contribution in [-0.4, -0.2) is 11.7 Å². The lowest BCUT2D eigenvalue weighted by Gasteiger charge is -1.93. The number of hydrogen-bond acceptors (Lipinski definition) is 2. The first-order valence-electron chi connectivity index (χ1n) is 3.27. The van der Waals surface area contributed by atoms with Gasteiger partial charge in [0.2, 0.25) is 0 Å². The number of rotatable bonds is 1. The zero-order valence-electron chi connectivity index (χ0n) is 5.45. The van der Waals surface area contributed by atoms with Crippen LogP contribution >= 0.6 is 0 Å². The number of hydrogen-bond donors (Lipinski definition) is 1. The largest absolute Gasteiger partial charge is 0.508 e. The lowest BCUT2D eigenvalue weighted by atomic mass is 10.2. The summed E-state index contributed by atoms with van der Waals surface area (Å²) < 4.78 is 5.05. The predicted octanol–water partition coefficient (Wildman–Crippen LogP) is 1.46. The Morgan fingerprint density at radius 3 is 2.40 bits per heavy atom. The van der Waals surface area contributed by atoms with Gasteiger partial charge in [0.1, 0.15) is 11.9 Å². The van der Waals surface area contributed by atoms with Crippen LogP contribution in [0, 0.1) is 0 Å². The van der Waals surface area contributed by atoms with Gasteiger partial charge in [-0.25, -0.2) is 0 Å². The minimum absolute atomic E-state index is 0.292. The van der Waals surface area contributed by atoms with Crippen molar-refractivity contribution in [2.45, 2.75) is 6.10 Å². The molecule has 1 aliphatic rings. The van der Waals surface area contributed by atoms with Crippen LogP contribution in [0.5, 0.6) is 5.75 Å². The molecule has 0 radical (unpaired) electrons. The molecule has 0 aliphatic carbocycles. The molecule has 1 saturated heterocycles. The highest BCUT2D eigenvalue weighted by Crippen LogP contribution is 2.30. The third-order valence-electron chi connectivity index (χ3n) is 1.60. The van der Waals surface area contributed by atoms with Gasteiger partial charge in [0.05, 0.1) is 6.61 Å². The maximum absolute atomic E-state index is 8.92. The van der Waals surface area contributed by atoms with Crippen molar-refractivity contribution >= 4 is 0 Å². The molecule has 0 spiro atoms. The molecule has 1 aromatic carbocycles. The van der Waals surface area contributed by atoms with Gasteiger partial charge in [-0.15, -0.1) is 0 Å². The highest BCUT2D eigenvalue weighted by atomic mass is 16.6. The average Bonchev–Trinajstić information content (AvgIpc) is 2.71. The molecule has 10 heavy (non-hydrogen) atoms.